The van der Waals surface area contributed by atoms with Gasteiger partial charge in [0, 0.05) is 5.54 Å². The third kappa shape index (κ3) is 5.37. The molecule has 0 aliphatic rings. The van der Waals surface area contributed by atoms with Crippen LogP contribution in [0.25, 0.3) is 0 Å². The van der Waals surface area contributed by atoms with Crippen molar-refractivity contribution in [1.82, 2.24) is 0 Å². The Balaban J connectivity index is 3.46. The highest BCUT2D eigenvalue weighted by Gasteiger charge is 2.13. The van der Waals surface area contributed by atoms with E-state index in [-0.39, 0.29) is 6.61 Å². The molecule has 4 heteroatoms. The van der Waals surface area contributed by atoms with E-state index < -0.39 is 11.7 Å². The summed E-state index contributed by atoms with van der Waals surface area (Å²) >= 11 is 0. The first kappa shape index (κ1) is 9.23. The average molecular weight is 147 g/mol. The molecule has 0 aliphatic carbocycles. The summed E-state index contributed by atoms with van der Waals surface area (Å²) < 4.78 is 8.80. The van der Waals surface area contributed by atoms with Gasteiger partial charge in [-0.05, 0) is 13.8 Å². The van der Waals surface area contributed by atoms with Gasteiger partial charge in [-0.15, -0.1) is 0 Å². The Kier molecular flexibility index (Phi) is 3.15. The summed E-state index contributed by atoms with van der Waals surface area (Å²) in [5.41, 5.74) is 5.01. The average Bonchev–Trinajstić information content (AvgIpc) is 1.81. The molecular formula is C6H13NO3. The van der Waals surface area contributed by atoms with E-state index in [4.69, 9.17) is 5.73 Å². The highest BCUT2D eigenvalue weighted by atomic mass is 16.7. The van der Waals surface area contributed by atoms with Crippen molar-refractivity contribution in [2.24, 2.45) is 5.73 Å². The van der Waals surface area contributed by atoms with Crippen molar-refractivity contribution in [2.45, 2.75) is 19.4 Å². The number of rotatable bonds is 2. The fourth-order valence-electron chi connectivity index (χ4n) is 0.304. The van der Waals surface area contributed by atoms with E-state index in [1.807, 2.05) is 0 Å². The van der Waals surface area contributed by atoms with E-state index in [9.17, 15) is 4.79 Å². The highest BCUT2D eigenvalue weighted by molar-refractivity contribution is 5.59. The van der Waals surface area contributed by atoms with Crippen LogP contribution in [0.5, 0.6) is 0 Å². The Morgan fingerprint density at radius 3 is 2.40 bits per heavy atom. The van der Waals surface area contributed by atoms with Crippen LogP contribution in [0.3, 0.4) is 0 Å². The van der Waals surface area contributed by atoms with Gasteiger partial charge in [0.1, 0.15) is 6.61 Å². The van der Waals surface area contributed by atoms with Gasteiger partial charge in [-0.2, -0.15) is 0 Å². The molecule has 0 rings (SSSR count). The summed E-state index contributed by atoms with van der Waals surface area (Å²) in [6, 6.07) is 0. The maximum atomic E-state index is 10.4. The second-order valence-corrected chi connectivity index (χ2v) is 2.73. The molecule has 0 aromatic heterocycles. The Labute approximate surface area is 60.3 Å². The van der Waals surface area contributed by atoms with Crippen molar-refractivity contribution in [3.8, 4) is 0 Å². The van der Waals surface area contributed by atoms with E-state index in [1.165, 1.54) is 7.11 Å². The van der Waals surface area contributed by atoms with E-state index in [0.29, 0.717) is 0 Å². The number of carbonyl (C=O) groups excluding carboxylic acids is 1. The van der Waals surface area contributed by atoms with Crippen LogP contribution in [0.1, 0.15) is 13.8 Å². The Hall–Kier alpha value is -0.770. The van der Waals surface area contributed by atoms with Gasteiger partial charge in [0.15, 0.2) is 0 Å². The second-order valence-electron chi connectivity index (χ2n) is 2.73. The van der Waals surface area contributed by atoms with Crippen molar-refractivity contribution in [2.75, 3.05) is 13.7 Å². The minimum atomic E-state index is -0.696. The fraction of sp³-hybridized carbons (Fsp3) is 0.833. The molecular weight excluding hydrogens is 134 g/mol. The summed E-state index contributed by atoms with van der Waals surface area (Å²) in [7, 11) is 1.26. The molecule has 0 heterocycles. The molecule has 0 unspecified atom stereocenters. The van der Waals surface area contributed by atoms with Crippen LogP contribution in [-0.4, -0.2) is 25.4 Å². The smallest absolute Gasteiger partial charge is 0.438 e. The van der Waals surface area contributed by atoms with E-state index in [0.717, 1.165) is 0 Å². The van der Waals surface area contributed by atoms with Gasteiger partial charge in [-0.1, -0.05) is 0 Å². The van der Waals surface area contributed by atoms with Crippen molar-refractivity contribution in [3.63, 3.8) is 0 Å². The molecule has 0 aromatic rings. The van der Waals surface area contributed by atoms with Crippen LogP contribution in [0, 0.1) is 0 Å². The molecule has 0 spiro atoms. The highest BCUT2D eigenvalue weighted by Crippen LogP contribution is 1.97. The monoisotopic (exact) mass is 147 g/mol. The number of methoxy groups -OCH3 is 1. The maximum Gasteiger partial charge on any atom is 0.508 e. The Morgan fingerprint density at radius 2 is 2.10 bits per heavy atom. The van der Waals surface area contributed by atoms with Crippen molar-refractivity contribution >= 4 is 6.16 Å². The Morgan fingerprint density at radius 1 is 1.60 bits per heavy atom. The molecule has 0 bridgehead atoms. The molecule has 0 amide bonds. The van der Waals surface area contributed by atoms with Gasteiger partial charge in [0.25, 0.3) is 0 Å². The first-order valence-corrected chi connectivity index (χ1v) is 2.95. The summed E-state index contributed by atoms with van der Waals surface area (Å²) in [5.74, 6) is 0. The number of carbonyl (C=O) groups is 1. The Bertz CT molecular complexity index is 117. The number of hydrogen-bond acceptors (Lipinski definition) is 4. The molecule has 0 aliphatic heterocycles. The molecule has 10 heavy (non-hydrogen) atoms. The first-order chi connectivity index (χ1) is 4.45. The molecule has 0 radical (unpaired) electrons. The second kappa shape index (κ2) is 3.41. The molecule has 0 fully saturated rings. The van der Waals surface area contributed by atoms with Crippen LogP contribution in [0.15, 0.2) is 0 Å². The van der Waals surface area contributed by atoms with Gasteiger partial charge in [-0.25, -0.2) is 4.79 Å². The van der Waals surface area contributed by atoms with E-state index in [2.05, 4.69) is 9.47 Å². The standard InChI is InChI=1S/C6H13NO3/c1-6(2,7)4-10-5(8)9-3/h4,7H2,1-3H3. The normalized spacial score (nSPS) is 10.8. The molecule has 0 saturated heterocycles. The van der Waals surface area contributed by atoms with Crippen LogP contribution in [0.4, 0.5) is 4.79 Å². The predicted octanol–water partition coefficient (Wildman–Crippen LogP) is 0.507. The lowest BCUT2D eigenvalue weighted by Gasteiger charge is -2.16. The molecule has 2 N–H and O–H groups in total. The first-order valence-electron chi connectivity index (χ1n) is 2.95. The largest absolute Gasteiger partial charge is 0.508 e. The zero-order valence-electron chi connectivity index (χ0n) is 6.51. The lowest BCUT2D eigenvalue weighted by molar-refractivity contribution is 0.0590. The minimum Gasteiger partial charge on any atom is -0.438 e. The zero-order valence-corrected chi connectivity index (χ0v) is 6.51. The van der Waals surface area contributed by atoms with Crippen molar-refractivity contribution in [3.05, 3.63) is 0 Å². The van der Waals surface area contributed by atoms with Crippen molar-refractivity contribution < 1.29 is 14.3 Å². The summed E-state index contributed by atoms with van der Waals surface area (Å²) in [6.07, 6.45) is -0.696. The van der Waals surface area contributed by atoms with Gasteiger partial charge >= 0.3 is 6.16 Å². The minimum absolute atomic E-state index is 0.166. The third-order valence-corrected chi connectivity index (χ3v) is 0.729. The van der Waals surface area contributed by atoms with Gasteiger partial charge in [0.2, 0.25) is 0 Å². The molecule has 0 atom stereocenters. The van der Waals surface area contributed by atoms with Crippen LogP contribution in [-0.2, 0) is 9.47 Å². The zero-order chi connectivity index (χ0) is 8.20. The number of nitrogens with two attached hydrogens (primary N) is 1. The van der Waals surface area contributed by atoms with E-state index in [1.54, 1.807) is 13.8 Å². The van der Waals surface area contributed by atoms with E-state index >= 15 is 0 Å². The van der Waals surface area contributed by atoms with Crippen LogP contribution < -0.4 is 5.73 Å². The molecule has 0 saturated carbocycles. The van der Waals surface area contributed by atoms with Gasteiger partial charge < -0.3 is 15.2 Å². The molecule has 0 aromatic carbocycles. The fourth-order valence-corrected chi connectivity index (χ4v) is 0.304. The van der Waals surface area contributed by atoms with Crippen molar-refractivity contribution in [1.29, 1.82) is 0 Å². The SMILES string of the molecule is COC(=O)OCC(C)(C)N. The number of ether oxygens (including phenoxy) is 2. The number of hydrogen-bond donors (Lipinski definition) is 1. The predicted molar refractivity (Wildman–Crippen MR) is 36.6 cm³/mol. The van der Waals surface area contributed by atoms with Gasteiger partial charge in [-0.3, -0.25) is 0 Å². The quantitative estimate of drug-likeness (QED) is 0.578. The summed E-state index contributed by atoms with van der Waals surface area (Å²) in [6.45, 7) is 3.69. The lowest BCUT2D eigenvalue weighted by Crippen LogP contribution is -2.38. The van der Waals surface area contributed by atoms with Crippen LogP contribution in [0.2, 0.25) is 0 Å². The summed E-state index contributed by atoms with van der Waals surface area (Å²) in [4.78, 5) is 10.4. The van der Waals surface area contributed by atoms with Crippen LogP contribution >= 0.6 is 0 Å². The summed E-state index contributed by atoms with van der Waals surface area (Å²) in [5, 5.41) is 0. The molecule has 4 nitrogen and oxygen atoms in total. The maximum absolute atomic E-state index is 10.4. The topological polar surface area (TPSA) is 61.5 Å². The lowest BCUT2D eigenvalue weighted by atomic mass is 10.1. The third-order valence-electron chi connectivity index (χ3n) is 0.729. The molecule has 60 valence electrons. The van der Waals surface area contributed by atoms with Gasteiger partial charge in [0.05, 0.1) is 7.11 Å².